The molecule has 1 unspecified atom stereocenters. The summed E-state index contributed by atoms with van der Waals surface area (Å²) in [7, 11) is -4.22. The molecule has 2 fully saturated rings. The second-order valence-electron chi connectivity index (χ2n) is 9.68. The first-order valence-corrected chi connectivity index (χ1v) is 14.4. The quantitative estimate of drug-likeness (QED) is 0.199. The number of hydrogen-bond acceptors (Lipinski definition) is 12. The van der Waals surface area contributed by atoms with Gasteiger partial charge in [0.05, 0.1) is 32.1 Å². The van der Waals surface area contributed by atoms with Crippen molar-refractivity contribution in [3.05, 3.63) is 54.5 Å². The highest BCUT2D eigenvalue weighted by atomic mass is 31.2. The minimum Gasteiger partial charge on any atom is -0.461 e. The lowest BCUT2D eigenvalue weighted by atomic mass is 9.93. The van der Waals surface area contributed by atoms with E-state index in [1.165, 1.54) is 17.8 Å². The standard InChI is InChI=1S/C25H32N5O9P/c1-16(24(32)38-17-9-11-35-12-10-17)29-40(34,39-18-5-3-2-4-6-18)37-13-20-22(31)25(33,14-36-20)21-8-7-19-23(26)27-15-28-30(19)21/h2-8,15-17,20,22,31,33H,9-14H2,1H3,(H,29,34)(H2,26,27,28)/t16-,20+,22+,25-,40?/m0/s1. The van der Waals surface area contributed by atoms with Gasteiger partial charge in [0.25, 0.3) is 0 Å². The molecule has 5 rings (SSSR count). The van der Waals surface area contributed by atoms with Crippen molar-refractivity contribution >= 4 is 25.1 Å². The Bertz CT molecular complexity index is 1370. The topological polar surface area (TPSA) is 189 Å². The molecule has 1 aromatic carbocycles. The monoisotopic (exact) mass is 577 g/mol. The molecular weight excluding hydrogens is 545 g/mol. The molecule has 3 aromatic rings. The zero-order valence-electron chi connectivity index (χ0n) is 21.8. The first-order chi connectivity index (χ1) is 19.2. The number of nitrogen functional groups attached to an aromatic ring is 1. The molecule has 5 atom stereocenters. The van der Waals surface area contributed by atoms with Gasteiger partial charge >= 0.3 is 13.7 Å². The van der Waals surface area contributed by atoms with E-state index in [1.54, 1.807) is 42.5 Å². The van der Waals surface area contributed by atoms with Crippen LogP contribution in [-0.4, -0.2) is 81.6 Å². The lowest BCUT2D eigenvalue weighted by molar-refractivity contribution is -0.154. The van der Waals surface area contributed by atoms with Crippen molar-refractivity contribution in [2.75, 3.05) is 32.2 Å². The third-order valence-electron chi connectivity index (χ3n) is 6.82. The zero-order chi connectivity index (χ0) is 28.3. The third kappa shape index (κ3) is 5.98. The van der Waals surface area contributed by atoms with Crippen molar-refractivity contribution in [3.63, 3.8) is 0 Å². The van der Waals surface area contributed by atoms with E-state index in [0.29, 0.717) is 31.6 Å². The highest BCUT2D eigenvalue weighted by Crippen LogP contribution is 2.46. The van der Waals surface area contributed by atoms with Crippen LogP contribution < -0.4 is 15.3 Å². The summed E-state index contributed by atoms with van der Waals surface area (Å²) >= 11 is 0. The summed E-state index contributed by atoms with van der Waals surface area (Å²) in [5.41, 5.74) is 4.70. The molecule has 15 heteroatoms. The Kier molecular flexibility index (Phi) is 8.38. The fourth-order valence-corrected chi connectivity index (χ4v) is 6.10. The second kappa shape index (κ2) is 11.8. The predicted molar refractivity (Wildman–Crippen MR) is 140 cm³/mol. The number of para-hydroxylation sites is 1. The van der Waals surface area contributed by atoms with Crippen LogP contribution in [0, 0.1) is 0 Å². The maximum Gasteiger partial charge on any atom is 0.459 e. The first-order valence-electron chi connectivity index (χ1n) is 12.8. The van der Waals surface area contributed by atoms with Crippen LogP contribution in [0.4, 0.5) is 5.82 Å². The molecule has 0 saturated carbocycles. The molecule has 2 saturated heterocycles. The van der Waals surface area contributed by atoms with Crippen molar-refractivity contribution in [3.8, 4) is 5.75 Å². The predicted octanol–water partition coefficient (Wildman–Crippen LogP) is 1.16. The number of nitrogens with zero attached hydrogens (tertiary/aromatic N) is 3. The molecular formula is C25H32N5O9P. The number of benzene rings is 1. The molecule has 5 N–H and O–H groups in total. The van der Waals surface area contributed by atoms with E-state index >= 15 is 0 Å². The molecule has 0 radical (unpaired) electrons. The molecule has 0 amide bonds. The molecule has 2 aliphatic heterocycles. The van der Waals surface area contributed by atoms with Crippen LogP contribution in [0.25, 0.3) is 5.52 Å². The van der Waals surface area contributed by atoms with Gasteiger partial charge in [-0.1, -0.05) is 18.2 Å². The number of ether oxygens (including phenoxy) is 3. The van der Waals surface area contributed by atoms with Gasteiger partial charge in [0.15, 0.2) is 11.4 Å². The molecule has 0 bridgehead atoms. The Labute approximate surface area is 229 Å². The molecule has 0 spiro atoms. The summed E-state index contributed by atoms with van der Waals surface area (Å²) in [5, 5.41) is 29.2. The van der Waals surface area contributed by atoms with E-state index in [0.717, 1.165) is 0 Å². The highest BCUT2D eigenvalue weighted by molar-refractivity contribution is 7.52. The van der Waals surface area contributed by atoms with E-state index in [1.807, 2.05) is 0 Å². The zero-order valence-corrected chi connectivity index (χ0v) is 22.7. The SMILES string of the molecule is C[C@H](NP(=O)(OC[C@H]1OC[C@](O)(c2ccc3c(N)ncnn23)[C@@H]1O)Oc1ccccc1)C(=O)OC1CCOCC1. The van der Waals surface area contributed by atoms with Crippen LogP contribution in [-0.2, 0) is 33.7 Å². The Morgan fingerprint density at radius 3 is 2.77 bits per heavy atom. The van der Waals surface area contributed by atoms with Crippen LogP contribution in [0.15, 0.2) is 48.8 Å². The number of nitrogens with one attached hydrogen (secondary N) is 1. The van der Waals surface area contributed by atoms with Crippen LogP contribution >= 0.6 is 7.75 Å². The summed E-state index contributed by atoms with van der Waals surface area (Å²) in [6, 6.07) is 10.4. The molecule has 40 heavy (non-hydrogen) atoms. The average Bonchev–Trinajstić information content (AvgIpc) is 3.51. The van der Waals surface area contributed by atoms with E-state index in [9.17, 15) is 19.6 Å². The minimum absolute atomic E-state index is 0.202. The van der Waals surface area contributed by atoms with Crippen LogP contribution in [0.1, 0.15) is 25.5 Å². The Morgan fingerprint density at radius 1 is 1.27 bits per heavy atom. The van der Waals surface area contributed by atoms with E-state index in [4.69, 9.17) is 29.0 Å². The van der Waals surface area contributed by atoms with Crippen LogP contribution in [0.5, 0.6) is 5.75 Å². The number of carbonyl (C=O) groups is 1. The van der Waals surface area contributed by atoms with Gasteiger partial charge in [-0.3, -0.25) is 9.32 Å². The molecule has 2 aromatic heterocycles. The lowest BCUT2D eigenvalue weighted by Gasteiger charge is -2.28. The van der Waals surface area contributed by atoms with Gasteiger partial charge in [0.2, 0.25) is 0 Å². The maximum absolute atomic E-state index is 13.8. The molecule has 216 valence electrons. The lowest BCUT2D eigenvalue weighted by Crippen LogP contribution is -2.44. The van der Waals surface area contributed by atoms with Gasteiger partial charge in [0.1, 0.15) is 41.9 Å². The number of aromatic nitrogens is 3. The van der Waals surface area contributed by atoms with Crippen molar-refractivity contribution < 1.29 is 42.8 Å². The molecule has 2 aliphatic rings. The fraction of sp³-hybridized carbons (Fsp3) is 0.480. The number of esters is 1. The number of rotatable bonds is 10. The van der Waals surface area contributed by atoms with E-state index < -0.39 is 44.2 Å². The van der Waals surface area contributed by atoms with Gasteiger partial charge in [-0.2, -0.15) is 10.2 Å². The smallest absolute Gasteiger partial charge is 0.459 e. The van der Waals surface area contributed by atoms with Crippen LogP contribution in [0.2, 0.25) is 0 Å². The van der Waals surface area contributed by atoms with Gasteiger partial charge in [0, 0.05) is 12.8 Å². The van der Waals surface area contributed by atoms with Crippen molar-refractivity contribution in [1.82, 2.24) is 19.7 Å². The van der Waals surface area contributed by atoms with E-state index in [-0.39, 0.29) is 30.0 Å². The molecule has 4 heterocycles. The summed E-state index contributed by atoms with van der Waals surface area (Å²) in [6.45, 7) is 1.73. The molecule has 14 nitrogen and oxygen atoms in total. The summed E-state index contributed by atoms with van der Waals surface area (Å²) < 4.78 is 43.0. The van der Waals surface area contributed by atoms with Gasteiger partial charge in [-0.05, 0) is 31.2 Å². The normalized spacial score (nSPS) is 25.9. The first kappa shape index (κ1) is 28.4. The highest BCUT2D eigenvalue weighted by Gasteiger charge is 2.52. The Morgan fingerprint density at radius 2 is 2.02 bits per heavy atom. The average molecular weight is 578 g/mol. The van der Waals surface area contributed by atoms with E-state index in [2.05, 4.69) is 15.2 Å². The summed E-state index contributed by atoms with van der Waals surface area (Å²) in [4.78, 5) is 16.6. The number of fused-ring (bicyclic) bond motifs is 1. The number of anilines is 1. The third-order valence-corrected chi connectivity index (χ3v) is 8.46. The summed E-state index contributed by atoms with van der Waals surface area (Å²) in [5.74, 6) is -0.197. The second-order valence-corrected chi connectivity index (χ2v) is 11.4. The van der Waals surface area contributed by atoms with Crippen molar-refractivity contribution in [1.29, 1.82) is 0 Å². The minimum atomic E-state index is -4.22. The van der Waals surface area contributed by atoms with Crippen molar-refractivity contribution in [2.24, 2.45) is 0 Å². The Balaban J connectivity index is 1.29. The number of aliphatic hydroxyl groups is 2. The number of nitrogens with two attached hydrogens (primary N) is 1. The van der Waals surface area contributed by atoms with Crippen LogP contribution in [0.3, 0.4) is 0 Å². The number of carbonyl (C=O) groups excluding carboxylic acids is 1. The van der Waals surface area contributed by atoms with Gasteiger partial charge in [-0.15, -0.1) is 0 Å². The van der Waals surface area contributed by atoms with Gasteiger partial charge in [-0.25, -0.2) is 14.1 Å². The summed E-state index contributed by atoms with van der Waals surface area (Å²) in [6.07, 6.45) is -0.525. The van der Waals surface area contributed by atoms with Gasteiger partial charge < -0.3 is 34.7 Å². The van der Waals surface area contributed by atoms with Crippen molar-refractivity contribution in [2.45, 2.75) is 49.7 Å². The number of aliphatic hydroxyl groups excluding tert-OH is 1. The molecule has 0 aliphatic carbocycles. The largest absolute Gasteiger partial charge is 0.461 e. The Hall–Kier alpha value is -3.10. The number of hydrogen-bond donors (Lipinski definition) is 4. The fourth-order valence-electron chi connectivity index (χ4n) is 4.60. The maximum atomic E-state index is 13.8.